The average molecular weight is 792 g/mol. The van der Waals surface area contributed by atoms with Crippen LogP contribution in [0.5, 0.6) is 0 Å². The molecule has 3 nitrogen and oxygen atoms in total. The highest BCUT2D eigenvalue weighted by molar-refractivity contribution is 5.76. The Labute approximate surface area is 362 Å². The van der Waals surface area contributed by atoms with Crippen LogP contribution < -0.4 is 14.7 Å². The van der Waals surface area contributed by atoms with Gasteiger partial charge in [-0.3, -0.25) is 0 Å². The molecule has 7 rings (SSSR count). The van der Waals surface area contributed by atoms with E-state index < -0.39 is 0 Å². The van der Waals surface area contributed by atoms with Gasteiger partial charge in [0.1, 0.15) is 0 Å². The van der Waals surface area contributed by atoms with E-state index in [2.05, 4.69) is 199 Å². The summed E-state index contributed by atoms with van der Waals surface area (Å²) in [5.41, 5.74) is 8.33. The van der Waals surface area contributed by atoms with Crippen molar-refractivity contribution in [1.82, 2.24) is 0 Å². The third-order valence-electron chi connectivity index (χ3n) is 7.62. The Morgan fingerprint density at radius 3 is 0.441 bits per heavy atom. The van der Waals surface area contributed by atoms with Gasteiger partial charge in [-0.15, -0.1) is 0 Å². The summed E-state index contributed by atoms with van der Waals surface area (Å²) in [4.78, 5) is 6.58. The van der Waals surface area contributed by atoms with Crippen molar-refractivity contribution in [1.29, 1.82) is 0 Å². The smallest absolute Gasteiger partial charge is 0.0461 e. The molecule has 0 aliphatic rings. The summed E-state index contributed by atoms with van der Waals surface area (Å²) in [5, 5.41) is 0. The quantitative estimate of drug-likeness (QED) is 0.159. The number of hydrogen-bond donors (Lipinski definition) is 0. The molecule has 0 amide bonds. The van der Waals surface area contributed by atoms with Gasteiger partial charge in [0.2, 0.25) is 0 Å². The van der Waals surface area contributed by atoms with Crippen LogP contribution in [0.25, 0.3) is 0 Å². The fraction of sp³-hybridized carbons (Fsp3) is 0.250. The van der Waals surface area contributed by atoms with Crippen LogP contribution in [0, 0.1) is 0 Å². The zero-order valence-electron chi connectivity index (χ0n) is 39.0. The first-order valence-electron chi connectivity index (χ1n) is 21.8. The van der Waals surface area contributed by atoms with Crippen molar-refractivity contribution in [3.8, 4) is 0 Å². The van der Waals surface area contributed by atoms with Crippen molar-refractivity contribution in [2.24, 2.45) is 0 Å². The Morgan fingerprint density at radius 1 is 0.186 bits per heavy atom. The Hall–Kier alpha value is -6.06. The van der Waals surface area contributed by atoms with Crippen molar-refractivity contribution >= 4 is 39.8 Å². The molecule has 0 bridgehead atoms. The number of hydrogen-bond acceptors (Lipinski definition) is 3. The summed E-state index contributed by atoms with van der Waals surface area (Å²) >= 11 is 0. The molecule has 0 aromatic heterocycles. The van der Waals surface area contributed by atoms with E-state index in [0.717, 1.165) is 0 Å². The third-order valence-corrected chi connectivity index (χ3v) is 7.62. The summed E-state index contributed by atoms with van der Waals surface area (Å²) in [6.07, 6.45) is 0. The molecule has 0 radical (unpaired) electrons. The van der Waals surface area contributed by atoms with E-state index in [1.54, 1.807) is 0 Å². The monoisotopic (exact) mass is 792 g/mol. The van der Waals surface area contributed by atoms with Crippen LogP contribution in [0.4, 0.5) is 39.8 Å². The minimum atomic E-state index is 1.17. The largest absolute Gasteiger partial charge is 0.345 e. The molecule has 0 aliphatic heterocycles. The molecule has 7 aromatic rings. The molecule has 59 heavy (non-hydrogen) atoms. The maximum absolute atomic E-state index is 2.25. The van der Waals surface area contributed by atoms with E-state index in [4.69, 9.17) is 0 Å². The van der Waals surface area contributed by atoms with Crippen molar-refractivity contribution < 1.29 is 0 Å². The maximum Gasteiger partial charge on any atom is 0.0461 e. The summed E-state index contributed by atoms with van der Waals surface area (Å²) in [6.45, 7) is 24.0. The lowest BCUT2D eigenvalue weighted by molar-refractivity contribution is 1.21. The first kappa shape index (κ1) is 55.0. The van der Waals surface area contributed by atoms with Gasteiger partial charge in [0, 0.05) is 53.9 Å². The fourth-order valence-electron chi connectivity index (χ4n) is 5.08. The molecule has 316 valence electrons. The summed E-state index contributed by atoms with van der Waals surface area (Å²) < 4.78 is 0. The highest BCUT2D eigenvalue weighted by Crippen LogP contribution is 2.33. The van der Waals surface area contributed by atoms with Crippen LogP contribution in [-0.2, 0) is 0 Å². The summed E-state index contributed by atoms with van der Waals surface area (Å²) in [6, 6.07) is 72.6. The van der Waals surface area contributed by atoms with E-state index in [0.29, 0.717) is 0 Å². The van der Waals surface area contributed by atoms with Gasteiger partial charge in [0.05, 0.1) is 0 Å². The van der Waals surface area contributed by atoms with Gasteiger partial charge >= 0.3 is 0 Å². The van der Waals surface area contributed by atoms with Crippen LogP contribution in [0.3, 0.4) is 0 Å². The van der Waals surface area contributed by atoms with Crippen LogP contribution in [0.1, 0.15) is 83.1 Å². The molecule has 0 N–H and O–H groups in total. The lowest BCUT2D eigenvalue weighted by Crippen LogP contribution is -2.09. The van der Waals surface area contributed by atoms with E-state index >= 15 is 0 Å². The number of nitrogens with zero attached hydrogens (tertiary/aromatic N) is 3. The number of anilines is 7. The molecule has 0 saturated heterocycles. The molecular weight excluding hydrogens is 715 g/mol. The second-order valence-corrected chi connectivity index (χ2v) is 10.8. The van der Waals surface area contributed by atoms with Crippen molar-refractivity contribution in [2.75, 3.05) is 28.8 Å². The SMILES string of the molecule is CC.CC.CC.CC.CC.CC.CN(c1ccccc1)c1ccccc1.CN(c1ccccc1)c1ccccc1.c1ccc(N(c2ccccc2)c2ccccc2)cc1. The third kappa shape index (κ3) is 21.3. The van der Waals surface area contributed by atoms with Crippen LogP contribution in [0.2, 0.25) is 0 Å². The lowest BCUT2D eigenvalue weighted by atomic mass is 10.2. The van der Waals surface area contributed by atoms with Crippen molar-refractivity contribution in [3.05, 3.63) is 212 Å². The average Bonchev–Trinajstić information content (AvgIpc) is 3.37. The van der Waals surface area contributed by atoms with Crippen LogP contribution in [0.15, 0.2) is 212 Å². The number of benzene rings is 7. The highest BCUT2D eigenvalue weighted by atomic mass is 15.1. The zero-order valence-corrected chi connectivity index (χ0v) is 39.0. The molecule has 0 heterocycles. The van der Waals surface area contributed by atoms with E-state index in [9.17, 15) is 0 Å². The second kappa shape index (κ2) is 38.8. The van der Waals surface area contributed by atoms with Gasteiger partial charge < -0.3 is 14.7 Å². The topological polar surface area (TPSA) is 9.72 Å². The molecule has 0 fully saturated rings. The van der Waals surface area contributed by atoms with E-state index in [1.165, 1.54) is 39.8 Å². The first-order chi connectivity index (χ1) is 29.2. The van der Waals surface area contributed by atoms with Gasteiger partial charge in [0.15, 0.2) is 0 Å². The first-order valence-corrected chi connectivity index (χ1v) is 21.8. The van der Waals surface area contributed by atoms with Crippen LogP contribution in [-0.4, -0.2) is 14.1 Å². The van der Waals surface area contributed by atoms with Gasteiger partial charge in [0.25, 0.3) is 0 Å². The Morgan fingerprint density at radius 2 is 0.305 bits per heavy atom. The summed E-state index contributed by atoms with van der Waals surface area (Å²) in [7, 11) is 4.15. The molecular formula is C56H77N3. The van der Waals surface area contributed by atoms with Gasteiger partial charge in [-0.2, -0.15) is 0 Å². The molecule has 0 atom stereocenters. The van der Waals surface area contributed by atoms with Gasteiger partial charge in [-0.1, -0.05) is 210 Å². The molecule has 7 aromatic carbocycles. The second-order valence-electron chi connectivity index (χ2n) is 10.8. The zero-order chi connectivity index (χ0) is 44.5. The number of rotatable bonds is 7. The molecule has 0 aliphatic carbocycles. The predicted octanol–water partition coefficient (Wildman–Crippen LogP) is 18.2. The Balaban J connectivity index is 0. The fourth-order valence-corrected chi connectivity index (χ4v) is 5.08. The van der Waals surface area contributed by atoms with Gasteiger partial charge in [-0.05, 0) is 84.9 Å². The normalized spacial score (nSPS) is 8.51. The molecule has 0 saturated carbocycles. The maximum atomic E-state index is 2.25. The van der Waals surface area contributed by atoms with E-state index in [-0.39, 0.29) is 0 Å². The predicted molar refractivity (Wildman–Crippen MR) is 271 cm³/mol. The van der Waals surface area contributed by atoms with Crippen LogP contribution >= 0.6 is 0 Å². The summed E-state index contributed by atoms with van der Waals surface area (Å²) in [5.74, 6) is 0. The standard InChI is InChI=1S/C18H15N.2C13H13N.6C2H6/c1-4-10-16(11-5-1)19(17-12-6-2-7-13-17)18-14-8-3-9-15-18;2*1-14(12-8-4-2-5-9-12)13-10-6-3-7-11-13;6*1-2/h1-15H;2*2-11H,1H3;6*1-2H3. The van der Waals surface area contributed by atoms with Gasteiger partial charge in [-0.25, -0.2) is 0 Å². The molecule has 3 heteroatoms. The van der Waals surface area contributed by atoms with E-state index in [1.807, 2.05) is 126 Å². The molecule has 0 unspecified atom stereocenters. The lowest BCUT2D eigenvalue weighted by Gasteiger charge is -2.25. The minimum Gasteiger partial charge on any atom is -0.345 e. The highest BCUT2D eigenvalue weighted by Gasteiger charge is 2.10. The Bertz CT molecular complexity index is 1560. The van der Waals surface area contributed by atoms with Crippen molar-refractivity contribution in [2.45, 2.75) is 83.1 Å². The number of para-hydroxylation sites is 7. The minimum absolute atomic E-state index is 1.17. The Kier molecular flexibility index (Phi) is 36.2. The molecule has 0 spiro atoms. The van der Waals surface area contributed by atoms with Crippen molar-refractivity contribution in [3.63, 3.8) is 0 Å².